The van der Waals surface area contributed by atoms with Gasteiger partial charge in [0.2, 0.25) is 0 Å². The summed E-state index contributed by atoms with van der Waals surface area (Å²) in [5, 5.41) is 0. The van der Waals surface area contributed by atoms with Crippen molar-refractivity contribution in [3.8, 4) is 11.3 Å². The number of nitrogens with two attached hydrogens (primary N) is 1. The molecule has 18 heavy (non-hydrogen) atoms. The molecule has 3 nitrogen and oxygen atoms in total. The lowest BCUT2D eigenvalue weighted by Gasteiger charge is -2.12. The number of aromatic nitrogens is 1. The second kappa shape index (κ2) is 4.78. The van der Waals surface area contributed by atoms with Crippen LogP contribution in [0.15, 0.2) is 41.2 Å². The van der Waals surface area contributed by atoms with Gasteiger partial charge < -0.3 is 10.3 Å². The van der Waals surface area contributed by atoms with E-state index in [9.17, 15) is 4.79 Å². The zero-order chi connectivity index (χ0) is 13.3. The van der Waals surface area contributed by atoms with E-state index in [0.29, 0.717) is 5.56 Å². The van der Waals surface area contributed by atoms with Crippen molar-refractivity contribution < 1.29 is 0 Å². The van der Waals surface area contributed by atoms with Gasteiger partial charge in [0.1, 0.15) is 0 Å². The molecular formula is C15H18N2O. The predicted molar refractivity (Wildman–Crippen MR) is 74.5 cm³/mol. The Kier molecular flexibility index (Phi) is 3.34. The topological polar surface area (TPSA) is 48.0 Å². The smallest absolute Gasteiger partial charge is 0.255 e. The Labute approximate surface area is 107 Å². The number of pyridine rings is 1. The van der Waals surface area contributed by atoms with E-state index < -0.39 is 0 Å². The summed E-state index contributed by atoms with van der Waals surface area (Å²) in [6.45, 7) is 3.87. The quantitative estimate of drug-likeness (QED) is 0.879. The SMILES string of the molecule is Cc1ccc(-c2ccc(C(C)N)c(=O)n2C)cc1. The molecule has 94 valence electrons. The zero-order valence-electron chi connectivity index (χ0n) is 11.0. The molecule has 0 radical (unpaired) electrons. The van der Waals surface area contributed by atoms with Crippen LogP contribution in [0, 0.1) is 6.92 Å². The fourth-order valence-electron chi connectivity index (χ4n) is 2.02. The number of aryl methyl sites for hydroxylation is 1. The van der Waals surface area contributed by atoms with Crippen LogP contribution in [0.1, 0.15) is 24.1 Å². The van der Waals surface area contributed by atoms with Gasteiger partial charge in [0.05, 0.1) is 5.69 Å². The standard InChI is InChI=1S/C15H18N2O/c1-10-4-6-12(7-5-10)14-9-8-13(11(2)16)15(18)17(14)3/h4-9,11H,16H2,1-3H3. The molecule has 0 fully saturated rings. The van der Waals surface area contributed by atoms with Crippen LogP contribution in [0.4, 0.5) is 0 Å². The van der Waals surface area contributed by atoms with E-state index in [1.54, 1.807) is 11.6 Å². The van der Waals surface area contributed by atoms with Crippen molar-refractivity contribution in [2.24, 2.45) is 12.8 Å². The average molecular weight is 242 g/mol. The van der Waals surface area contributed by atoms with E-state index >= 15 is 0 Å². The van der Waals surface area contributed by atoms with Crippen LogP contribution in [-0.4, -0.2) is 4.57 Å². The highest BCUT2D eigenvalue weighted by Gasteiger charge is 2.10. The summed E-state index contributed by atoms with van der Waals surface area (Å²) in [7, 11) is 1.78. The Hall–Kier alpha value is -1.87. The molecular weight excluding hydrogens is 224 g/mol. The maximum atomic E-state index is 12.2. The van der Waals surface area contributed by atoms with Gasteiger partial charge in [-0.05, 0) is 31.5 Å². The van der Waals surface area contributed by atoms with Gasteiger partial charge in [-0.15, -0.1) is 0 Å². The maximum absolute atomic E-state index is 12.2. The summed E-state index contributed by atoms with van der Waals surface area (Å²) in [6, 6.07) is 11.7. The van der Waals surface area contributed by atoms with Crippen LogP contribution in [0.2, 0.25) is 0 Å². The molecule has 0 saturated heterocycles. The minimum absolute atomic E-state index is 0.0249. The third-order valence-corrected chi connectivity index (χ3v) is 3.17. The van der Waals surface area contributed by atoms with Crippen molar-refractivity contribution in [1.29, 1.82) is 0 Å². The van der Waals surface area contributed by atoms with Crippen molar-refractivity contribution >= 4 is 0 Å². The molecule has 0 aliphatic carbocycles. The van der Waals surface area contributed by atoms with E-state index in [0.717, 1.165) is 11.3 Å². The Morgan fingerprint density at radius 2 is 1.72 bits per heavy atom. The molecule has 0 bridgehead atoms. The van der Waals surface area contributed by atoms with Gasteiger partial charge in [-0.1, -0.05) is 29.8 Å². The van der Waals surface area contributed by atoms with Gasteiger partial charge in [0, 0.05) is 18.7 Å². The Bertz CT molecular complexity index is 609. The van der Waals surface area contributed by atoms with Gasteiger partial charge in [0.25, 0.3) is 5.56 Å². The molecule has 2 N–H and O–H groups in total. The molecule has 1 aromatic heterocycles. The van der Waals surface area contributed by atoms with Gasteiger partial charge in [-0.3, -0.25) is 4.79 Å². The molecule has 0 amide bonds. The number of rotatable bonds is 2. The summed E-state index contributed by atoms with van der Waals surface area (Å²) in [4.78, 5) is 12.2. The lowest BCUT2D eigenvalue weighted by molar-refractivity contribution is 0.760. The van der Waals surface area contributed by atoms with E-state index in [-0.39, 0.29) is 11.6 Å². The summed E-state index contributed by atoms with van der Waals surface area (Å²) in [5.41, 5.74) is 9.55. The van der Waals surface area contributed by atoms with Gasteiger partial charge in [-0.25, -0.2) is 0 Å². The van der Waals surface area contributed by atoms with Crippen LogP contribution >= 0.6 is 0 Å². The highest BCUT2D eigenvalue weighted by atomic mass is 16.1. The number of hydrogen-bond donors (Lipinski definition) is 1. The third kappa shape index (κ3) is 2.22. The van der Waals surface area contributed by atoms with Crippen molar-refractivity contribution in [3.05, 3.63) is 57.9 Å². The van der Waals surface area contributed by atoms with Crippen LogP contribution < -0.4 is 11.3 Å². The molecule has 1 heterocycles. The van der Waals surface area contributed by atoms with Crippen molar-refractivity contribution in [2.75, 3.05) is 0 Å². The first-order valence-electron chi connectivity index (χ1n) is 6.03. The average Bonchev–Trinajstić information content (AvgIpc) is 2.33. The molecule has 0 spiro atoms. The molecule has 1 aromatic carbocycles. The first kappa shape index (κ1) is 12.6. The second-order valence-corrected chi connectivity index (χ2v) is 4.69. The van der Waals surface area contributed by atoms with Gasteiger partial charge >= 0.3 is 0 Å². The highest BCUT2D eigenvalue weighted by Crippen LogP contribution is 2.19. The minimum atomic E-state index is -0.240. The molecule has 2 rings (SSSR count). The third-order valence-electron chi connectivity index (χ3n) is 3.17. The molecule has 1 unspecified atom stereocenters. The molecule has 0 aliphatic heterocycles. The van der Waals surface area contributed by atoms with Crippen LogP contribution in [0.3, 0.4) is 0 Å². The predicted octanol–water partition coefficient (Wildman–Crippen LogP) is 2.38. The van der Waals surface area contributed by atoms with Crippen LogP contribution in [0.25, 0.3) is 11.3 Å². The van der Waals surface area contributed by atoms with E-state index in [1.165, 1.54) is 5.56 Å². The Morgan fingerprint density at radius 3 is 2.28 bits per heavy atom. The van der Waals surface area contributed by atoms with Crippen molar-refractivity contribution in [1.82, 2.24) is 4.57 Å². The Balaban J connectivity index is 2.57. The summed E-state index contributed by atoms with van der Waals surface area (Å²) < 4.78 is 1.66. The van der Waals surface area contributed by atoms with E-state index in [4.69, 9.17) is 5.73 Å². The van der Waals surface area contributed by atoms with E-state index in [1.807, 2.05) is 50.2 Å². The van der Waals surface area contributed by atoms with Gasteiger partial charge in [-0.2, -0.15) is 0 Å². The maximum Gasteiger partial charge on any atom is 0.255 e. The second-order valence-electron chi connectivity index (χ2n) is 4.69. The molecule has 0 aliphatic rings. The molecule has 0 saturated carbocycles. The fraction of sp³-hybridized carbons (Fsp3) is 0.267. The number of hydrogen-bond acceptors (Lipinski definition) is 2. The van der Waals surface area contributed by atoms with Crippen LogP contribution in [0.5, 0.6) is 0 Å². The van der Waals surface area contributed by atoms with Crippen LogP contribution in [-0.2, 0) is 7.05 Å². The summed E-state index contributed by atoms with van der Waals surface area (Å²) in [6.07, 6.45) is 0. The summed E-state index contributed by atoms with van der Waals surface area (Å²) in [5.74, 6) is 0. The minimum Gasteiger partial charge on any atom is -0.324 e. The Morgan fingerprint density at radius 1 is 1.11 bits per heavy atom. The number of nitrogens with zero attached hydrogens (tertiary/aromatic N) is 1. The zero-order valence-corrected chi connectivity index (χ0v) is 11.0. The normalized spacial score (nSPS) is 12.4. The lowest BCUT2D eigenvalue weighted by Crippen LogP contribution is -2.26. The molecule has 3 heteroatoms. The largest absolute Gasteiger partial charge is 0.324 e. The van der Waals surface area contributed by atoms with Crippen molar-refractivity contribution in [2.45, 2.75) is 19.9 Å². The first-order chi connectivity index (χ1) is 8.50. The van der Waals surface area contributed by atoms with E-state index in [2.05, 4.69) is 0 Å². The molecule has 1 atom stereocenters. The lowest BCUT2D eigenvalue weighted by atomic mass is 10.1. The number of benzene rings is 1. The molecule has 2 aromatic rings. The summed E-state index contributed by atoms with van der Waals surface area (Å²) >= 11 is 0. The van der Waals surface area contributed by atoms with Gasteiger partial charge in [0.15, 0.2) is 0 Å². The van der Waals surface area contributed by atoms with Crippen molar-refractivity contribution in [3.63, 3.8) is 0 Å². The highest BCUT2D eigenvalue weighted by molar-refractivity contribution is 5.60. The first-order valence-corrected chi connectivity index (χ1v) is 6.03. The fourth-order valence-corrected chi connectivity index (χ4v) is 2.02. The monoisotopic (exact) mass is 242 g/mol.